The minimum Gasteiger partial charge on any atom is -0.477 e. The molecule has 4 aliphatic heterocycles. The number of hydrogen-bond acceptors (Lipinski definition) is 14. The fourth-order valence-corrected chi connectivity index (χ4v) is 7.49. The third-order valence-electron chi connectivity index (χ3n) is 6.32. The molecule has 0 aliphatic carbocycles. The summed E-state index contributed by atoms with van der Waals surface area (Å²) in [6.45, 7) is 3.62. The van der Waals surface area contributed by atoms with E-state index in [4.69, 9.17) is 10.6 Å². The Morgan fingerprint density at radius 2 is 2.10 bits per heavy atom. The molecule has 0 aromatic carbocycles. The van der Waals surface area contributed by atoms with E-state index in [1.165, 1.54) is 52.1 Å². The lowest BCUT2D eigenvalue weighted by molar-refractivity contribution is -0.150. The number of amides is 3. The Morgan fingerprint density at radius 1 is 1.34 bits per heavy atom. The summed E-state index contributed by atoms with van der Waals surface area (Å²) in [6, 6.07) is -0.986. The highest BCUT2D eigenvalue weighted by atomic mass is 32.2. The first-order chi connectivity index (χ1) is 19.5. The van der Waals surface area contributed by atoms with Crippen molar-refractivity contribution in [1.82, 2.24) is 30.8 Å². The first-order valence-electron chi connectivity index (χ1n) is 11.7. The van der Waals surface area contributed by atoms with Crippen molar-refractivity contribution in [3.05, 3.63) is 45.0 Å². The van der Waals surface area contributed by atoms with Crippen molar-refractivity contribution in [2.45, 2.75) is 25.3 Å². The number of aromatic nitrogens is 1. The normalized spacial score (nSPS) is 22.2. The zero-order valence-corrected chi connectivity index (χ0v) is 24.1. The number of oxime groups is 1. The van der Waals surface area contributed by atoms with E-state index in [0.717, 1.165) is 21.9 Å². The molecule has 4 aliphatic rings. The Labute approximate surface area is 244 Å². The number of β-lactam (4-membered cyclic amide) rings is 1. The van der Waals surface area contributed by atoms with E-state index >= 15 is 0 Å². The lowest BCUT2D eigenvalue weighted by Crippen LogP contribution is -2.71. The number of hydrazine groups is 2. The Kier molecular flexibility index (Phi) is 7.68. The number of anilines is 1. The molecule has 6 N–H and O–H groups in total. The zero-order valence-electron chi connectivity index (χ0n) is 21.6. The predicted octanol–water partition coefficient (Wildman–Crippen LogP) is 0.768. The highest BCUT2D eigenvalue weighted by molar-refractivity contribution is 8.03. The number of carbonyl (C=O) groups is 4. The van der Waals surface area contributed by atoms with Crippen molar-refractivity contribution in [2.75, 3.05) is 24.3 Å². The van der Waals surface area contributed by atoms with Crippen molar-refractivity contribution in [1.29, 1.82) is 0 Å². The van der Waals surface area contributed by atoms with E-state index in [1.54, 1.807) is 6.92 Å². The van der Waals surface area contributed by atoms with Gasteiger partial charge in [0.05, 0.1) is 11.2 Å². The van der Waals surface area contributed by atoms with Crippen LogP contribution in [-0.2, 0) is 19.2 Å². The maximum atomic E-state index is 13.1. The second-order valence-corrected chi connectivity index (χ2v) is 11.8. The summed E-state index contributed by atoms with van der Waals surface area (Å²) in [5, 5.41) is 29.9. The molecule has 1 aromatic heterocycles. The zero-order chi connectivity index (χ0) is 29.6. The van der Waals surface area contributed by atoms with Crippen molar-refractivity contribution in [3.8, 4) is 0 Å². The Bertz CT molecular complexity index is 1520. The molecule has 41 heavy (non-hydrogen) atoms. The average Bonchev–Trinajstić information content (AvgIpc) is 3.56. The number of nitrogen functional groups attached to an aromatic ring is 1. The van der Waals surface area contributed by atoms with E-state index < -0.39 is 35.3 Å². The fourth-order valence-electron chi connectivity index (χ4n) is 4.29. The van der Waals surface area contributed by atoms with Gasteiger partial charge in [0, 0.05) is 28.2 Å². The van der Waals surface area contributed by atoms with Gasteiger partial charge in [-0.1, -0.05) is 5.16 Å². The van der Waals surface area contributed by atoms with E-state index in [1.807, 2.05) is 6.92 Å². The summed E-state index contributed by atoms with van der Waals surface area (Å²) in [4.78, 5) is 64.2. The number of thiazole rings is 1. The number of carboxylic acid groups (broad SMARTS) is 2. The second kappa shape index (κ2) is 11.1. The third kappa shape index (κ3) is 5.11. The van der Waals surface area contributed by atoms with E-state index in [9.17, 15) is 29.4 Å². The smallest absolute Gasteiger partial charge is 0.427 e. The van der Waals surface area contributed by atoms with Crippen LogP contribution in [0.25, 0.3) is 0 Å². The second-order valence-electron chi connectivity index (χ2n) is 8.80. The van der Waals surface area contributed by atoms with Crippen LogP contribution in [0.15, 0.2) is 49.4 Å². The molecular formula is C22H23N9O7S3. The van der Waals surface area contributed by atoms with Gasteiger partial charge in [0.15, 0.2) is 16.7 Å². The Hall–Kier alpha value is -4.07. The van der Waals surface area contributed by atoms with Crippen molar-refractivity contribution in [2.24, 2.45) is 10.1 Å². The minimum atomic E-state index is -1.27. The summed E-state index contributed by atoms with van der Waals surface area (Å²) in [7, 11) is 1.26. The van der Waals surface area contributed by atoms with Gasteiger partial charge >= 0.3 is 12.1 Å². The van der Waals surface area contributed by atoms with E-state index in [0.29, 0.717) is 22.1 Å². The molecule has 0 bridgehead atoms. The topological polar surface area (TPSA) is 215 Å². The van der Waals surface area contributed by atoms with Gasteiger partial charge in [-0.3, -0.25) is 14.5 Å². The lowest BCUT2D eigenvalue weighted by atomic mass is 10.0. The number of nitrogens with one attached hydrogen (secondary N) is 2. The van der Waals surface area contributed by atoms with Gasteiger partial charge < -0.3 is 26.1 Å². The summed E-state index contributed by atoms with van der Waals surface area (Å²) in [5.41, 5.74) is 10.2. The summed E-state index contributed by atoms with van der Waals surface area (Å²) in [6.07, 6.45) is 0.114. The molecule has 2 atom stereocenters. The quantitative estimate of drug-likeness (QED) is 0.154. The monoisotopic (exact) mass is 621 g/mol. The van der Waals surface area contributed by atoms with E-state index in [-0.39, 0.29) is 33.7 Å². The predicted molar refractivity (Wildman–Crippen MR) is 151 cm³/mol. The number of carbonyl (C=O) groups excluding carboxylic acids is 2. The van der Waals surface area contributed by atoms with Gasteiger partial charge in [0.1, 0.15) is 29.9 Å². The van der Waals surface area contributed by atoms with Gasteiger partial charge in [-0.05, 0) is 19.4 Å². The number of aliphatic carboxylic acids is 1. The molecule has 16 nitrogen and oxygen atoms in total. The molecule has 0 saturated carbocycles. The van der Waals surface area contributed by atoms with Crippen LogP contribution in [0.3, 0.4) is 0 Å². The summed E-state index contributed by atoms with van der Waals surface area (Å²) < 4.78 is 0. The number of fused-ring (bicyclic) bond motifs is 2. The molecule has 0 unspecified atom stereocenters. The van der Waals surface area contributed by atoms with Gasteiger partial charge in [0.25, 0.3) is 11.8 Å². The van der Waals surface area contributed by atoms with Crippen LogP contribution in [0.1, 0.15) is 19.5 Å². The number of aliphatic imine (C=N–C) groups is 1. The molecule has 19 heteroatoms. The maximum Gasteiger partial charge on any atom is 0.427 e. The molecule has 3 amide bonds. The molecular weight excluding hydrogens is 598 g/mol. The standard InChI is InChI=1S/C22H23N9O7S3/c1-8-9(2)24-12-4-29(22(36)37)28-31(12)18(8)39-5-10-6-40-19-14(17(33)30(19)15(10)20(34)35)26-16(32)13(27-38-3)11-7-41-21(23)25-11/h4,7,14,19,28H,5-6H2,1-3H3,(H2,23,25)(H,26,32)(H,34,35)(H,36,37)/t14-,19-/m1/s1. The molecule has 5 heterocycles. The highest BCUT2D eigenvalue weighted by Gasteiger charge is 2.54. The summed E-state index contributed by atoms with van der Waals surface area (Å²) in [5.74, 6) is -1.70. The number of nitrogens with two attached hydrogens (primary N) is 1. The fraction of sp³-hybridized carbons (Fsp3) is 0.318. The van der Waals surface area contributed by atoms with Crippen LogP contribution < -0.4 is 16.6 Å². The lowest BCUT2D eigenvalue weighted by Gasteiger charge is -2.49. The van der Waals surface area contributed by atoms with Gasteiger partial charge in [-0.2, -0.15) is 5.01 Å². The number of thioether (sulfide) groups is 2. The molecule has 1 saturated heterocycles. The summed E-state index contributed by atoms with van der Waals surface area (Å²) >= 11 is 3.72. The minimum absolute atomic E-state index is 0.147. The van der Waals surface area contributed by atoms with Crippen LogP contribution in [-0.4, -0.2) is 95.4 Å². The Balaban J connectivity index is 1.32. The highest BCUT2D eigenvalue weighted by Crippen LogP contribution is 2.43. The molecule has 1 aromatic rings. The largest absolute Gasteiger partial charge is 0.477 e. The van der Waals surface area contributed by atoms with Crippen molar-refractivity contribution >= 4 is 75.3 Å². The van der Waals surface area contributed by atoms with Crippen LogP contribution in [0.5, 0.6) is 0 Å². The van der Waals surface area contributed by atoms with Crippen LogP contribution >= 0.6 is 34.9 Å². The molecule has 216 valence electrons. The van der Waals surface area contributed by atoms with Crippen molar-refractivity contribution < 1.29 is 34.2 Å². The number of allylic oxidation sites excluding steroid dienone is 1. The first-order valence-corrected chi connectivity index (χ1v) is 14.7. The third-order valence-corrected chi connectivity index (χ3v) is 9.59. The Morgan fingerprint density at radius 3 is 2.73 bits per heavy atom. The van der Waals surface area contributed by atoms with Crippen molar-refractivity contribution in [3.63, 3.8) is 0 Å². The number of hydrogen-bond donors (Lipinski definition) is 5. The van der Waals surface area contributed by atoms with Gasteiger partial charge in [0.2, 0.25) is 0 Å². The SMILES string of the molecule is CON=C(C(=O)N[C@@H]1C(=O)N2C(C(=O)O)=C(CSC3=C(C)C(C)=NC4=CN(C(=O)O)NN43)CS[C@H]12)c1csc(N)n1. The average molecular weight is 622 g/mol. The number of nitrogens with zero attached hydrogens (tertiary/aromatic N) is 6. The van der Waals surface area contributed by atoms with Gasteiger partial charge in [-0.25, -0.2) is 24.6 Å². The first kappa shape index (κ1) is 28.5. The van der Waals surface area contributed by atoms with Crippen LogP contribution in [0.2, 0.25) is 0 Å². The van der Waals surface area contributed by atoms with Crippen LogP contribution in [0.4, 0.5) is 9.93 Å². The molecule has 0 spiro atoms. The molecule has 0 radical (unpaired) electrons. The molecule has 5 rings (SSSR count). The van der Waals surface area contributed by atoms with Gasteiger partial charge in [-0.15, -0.1) is 40.4 Å². The van der Waals surface area contributed by atoms with E-state index in [2.05, 4.69) is 26.0 Å². The maximum absolute atomic E-state index is 13.1. The van der Waals surface area contributed by atoms with Crippen LogP contribution in [0, 0.1) is 0 Å². The molecule has 1 fully saturated rings. The number of rotatable bonds is 8. The number of carboxylic acids is 1.